The van der Waals surface area contributed by atoms with Crippen molar-refractivity contribution >= 4 is 0 Å². The zero-order valence-electron chi connectivity index (χ0n) is 11.6. The predicted octanol–water partition coefficient (Wildman–Crippen LogP) is 3.01. The maximum atomic E-state index is 12.4. The molecular weight excluding hydrogens is 294 g/mol. The fraction of sp³-hybridized carbons (Fsp3) is 0.538. The Balaban J connectivity index is 2.80. The molecule has 8 heteroatoms. The third-order valence-corrected chi connectivity index (χ3v) is 2.54. The predicted molar refractivity (Wildman–Crippen MR) is 67.9 cm³/mol. The first kappa shape index (κ1) is 17.5. The van der Waals surface area contributed by atoms with Crippen molar-refractivity contribution in [1.29, 1.82) is 0 Å². The van der Waals surface area contributed by atoms with Gasteiger partial charge in [-0.2, -0.15) is 17.6 Å². The van der Waals surface area contributed by atoms with Crippen molar-refractivity contribution in [2.45, 2.75) is 32.7 Å². The van der Waals surface area contributed by atoms with Gasteiger partial charge in [-0.15, -0.1) is 0 Å². The molecule has 0 saturated heterocycles. The molecule has 0 aliphatic heterocycles. The standard InChI is InChI=1S/C13H17F4NO3/c1-8(7-19-2)18-6-9-3-4-10(20-12(14)15)5-11(9)21-13(16)17/h3-5,8,12-13,18H,6-7H2,1-2H3. The number of methoxy groups -OCH3 is 1. The molecule has 0 bridgehead atoms. The summed E-state index contributed by atoms with van der Waals surface area (Å²) in [4.78, 5) is 0. The third-order valence-electron chi connectivity index (χ3n) is 2.54. The lowest BCUT2D eigenvalue weighted by Crippen LogP contribution is -2.29. The SMILES string of the molecule is COCC(C)NCc1ccc(OC(F)F)cc1OC(F)F. The van der Waals surface area contributed by atoms with Crippen molar-refractivity contribution in [2.24, 2.45) is 0 Å². The van der Waals surface area contributed by atoms with Gasteiger partial charge in [0.25, 0.3) is 0 Å². The zero-order chi connectivity index (χ0) is 15.8. The van der Waals surface area contributed by atoms with E-state index < -0.39 is 13.2 Å². The van der Waals surface area contributed by atoms with Gasteiger partial charge in [-0.25, -0.2) is 0 Å². The fourth-order valence-electron chi connectivity index (χ4n) is 1.66. The van der Waals surface area contributed by atoms with E-state index in [1.165, 1.54) is 12.1 Å². The number of hydrogen-bond donors (Lipinski definition) is 1. The summed E-state index contributed by atoms with van der Waals surface area (Å²) < 4.78 is 62.4. The van der Waals surface area contributed by atoms with Crippen LogP contribution in [0.5, 0.6) is 11.5 Å². The van der Waals surface area contributed by atoms with Gasteiger partial charge in [0.2, 0.25) is 0 Å². The molecule has 0 radical (unpaired) electrons. The third kappa shape index (κ3) is 6.63. The van der Waals surface area contributed by atoms with Gasteiger partial charge in [-0.05, 0) is 13.0 Å². The topological polar surface area (TPSA) is 39.7 Å². The molecule has 0 heterocycles. The molecule has 1 unspecified atom stereocenters. The Hall–Kier alpha value is -1.54. The van der Waals surface area contributed by atoms with Gasteiger partial charge < -0.3 is 19.5 Å². The molecule has 1 rings (SSSR count). The lowest BCUT2D eigenvalue weighted by molar-refractivity contribution is -0.0547. The Morgan fingerprint density at radius 3 is 2.33 bits per heavy atom. The summed E-state index contributed by atoms with van der Waals surface area (Å²) in [5.74, 6) is -0.449. The van der Waals surface area contributed by atoms with Crippen molar-refractivity contribution in [3.8, 4) is 11.5 Å². The number of rotatable bonds is 9. The van der Waals surface area contributed by atoms with E-state index in [1.54, 1.807) is 7.11 Å². The zero-order valence-corrected chi connectivity index (χ0v) is 11.6. The highest BCUT2D eigenvalue weighted by atomic mass is 19.3. The molecule has 1 aromatic carbocycles. The molecule has 0 aromatic heterocycles. The second kappa shape index (κ2) is 8.68. The van der Waals surface area contributed by atoms with Gasteiger partial charge in [0.1, 0.15) is 11.5 Å². The molecule has 1 atom stereocenters. The van der Waals surface area contributed by atoms with Crippen LogP contribution >= 0.6 is 0 Å². The quantitative estimate of drug-likeness (QED) is 0.712. The summed E-state index contributed by atoms with van der Waals surface area (Å²) in [7, 11) is 1.54. The van der Waals surface area contributed by atoms with Crippen LogP contribution in [0.2, 0.25) is 0 Å². The number of hydrogen-bond acceptors (Lipinski definition) is 4. The van der Waals surface area contributed by atoms with Crippen LogP contribution < -0.4 is 14.8 Å². The summed E-state index contributed by atoms with van der Waals surface area (Å²) in [5, 5.41) is 3.03. The summed E-state index contributed by atoms with van der Waals surface area (Å²) in [6.45, 7) is -3.57. The Labute approximate surface area is 120 Å². The number of benzene rings is 1. The van der Waals surface area contributed by atoms with Crippen molar-refractivity contribution in [1.82, 2.24) is 5.32 Å². The summed E-state index contributed by atoms with van der Waals surface area (Å²) in [5.41, 5.74) is 0.403. The molecule has 1 N–H and O–H groups in total. The van der Waals surface area contributed by atoms with E-state index in [-0.39, 0.29) is 24.1 Å². The average Bonchev–Trinajstić information content (AvgIpc) is 2.36. The monoisotopic (exact) mass is 311 g/mol. The normalized spacial score (nSPS) is 12.8. The van der Waals surface area contributed by atoms with Gasteiger partial charge in [0.15, 0.2) is 0 Å². The maximum Gasteiger partial charge on any atom is 0.387 e. The van der Waals surface area contributed by atoms with Gasteiger partial charge in [-0.3, -0.25) is 0 Å². The van der Waals surface area contributed by atoms with E-state index in [9.17, 15) is 17.6 Å². The molecule has 0 amide bonds. The van der Waals surface area contributed by atoms with Crippen molar-refractivity contribution in [2.75, 3.05) is 13.7 Å². The summed E-state index contributed by atoms with van der Waals surface area (Å²) >= 11 is 0. The molecule has 0 spiro atoms. The van der Waals surface area contributed by atoms with Crippen molar-refractivity contribution in [3.63, 3.8) is 0 Å². The summed E-state index contributed by atoms with van der Waals surface area (Å²) in [6.07, 6.45) is 0. The van der Waals surface area contributed by atoms with Crippen LogP contribution in [0.4, 0.5) is 17.6 Å². The minimum Gasteiger partial charge on any atom is -0.435 e. The first-order valence-corrected chi connectivity index (χ1v) is 6.17. The molecule has 4 nitrogen and oxygen atoms in total. The van der Waals surface area contributed by atoms with E-state index in [0.717, 1.165) is 6.07 Å². The summed E-state index contributed by atoms with van der Waals surface area (Å²) in [6, 6.07) is 3.66. The highest BCUT2D eigenvalue weighted by Gasteiger charge is 2.14. The molecule has 1 aromatic rings. The van der Waals surface area contributed by atoms with Gasteiger partial charge in [0, 0.05) is 31.3 Å². The van der Waals surface area contributed by atoms with E-state index >= 15 is 0 Å². The Bertz CT molecular complexity index is 432. The molecule has 0 fully saturated rings. The molecule has 0 aliphatic rings. The molecular formula is C13H17F4NO3. The Kier molecular flexibility index (Phi) is 7.24. The lowest BCUT2D eigenvalue weighted by atomic mass is 10.2. The van der Waals surface area contributed by atoms with Gasteiger partial charge in [-0.1, -0.05) is 6.07 Å². The van der Waals surface area contributed by atoms with Crippen LogP contribution in [0.1, 0.15) is 12.5 Å². The highest BCUT2D eigenvalue weighted by Crippen LogP contribution is 2.27. The number of alkyl halides is 4. The van der Waals surface area contributed by atoms with Crippen LogP contribution in [0.15, 0.2) is 18.2 Å². The fourth-order valence-corrected chi connectivity index (χ4v) is 1.66. The molecule has 0 saturated carbocycles. The van der Waals surface area contributed by atoms with Crippen LogP contribution in [0, 0.1) is 0 Å². The second-order valence-electron chi connectivity index (χ2n) is 4.26. The van der Waals surface area contributed by atoms with E-state index in [2.05, 4.69) is 14.8 Å². The number of halogens is 4. The van der Waals surface area contributed by atoms with Crippen molar-refractivity contribution < 1.29 is 31.8 Å². The minimum atomic E-state index is -3.05. The minimum absolute atomic E-state index is 0.00797. The van der Waals surface area contributed by atoms with Crippen LogP contribution in [0.3, 0.4) is 0 Å². The molecule has 120 valence electrons. The molecule has 21 heavy (non-hydrogen) atoms. The van der Waals surface area contributed by atoms with Crippen molar-refractivity contribution in [3.05, 3.63) is 23.8 Å². The second-order valence-corrected chi connectivity index (χ2v) is 4.26. The first-order valence-electron chi connectivity index (χ1n) is 6.17. The van der Waals surface area contributed by atoms with Crippen LogP contribution in [-0.4, -0.2) is 33.0 Å². The van der Waals surface area contributed by atoms with E-state index in [4.69, 9.17) is 4.74 Å². The number of ether oxygens (including phenoxy) is 3. The Morgan fingerprint density at radius 1 is 1.10 bits per heavy atom. The average molecular weight is 311 g/mol. The van der Waals surface area contributed by atoms with Crippen LogP contribution in [-0.2, 0) is 11.3 Å². The Morgan fingerprint density at radius 2 is 1.76 bits per heavy atom. The molecule has 0 aliphatic carbocycles. The van der Waals surface area contributed by atoms with Crippen LogP contribution in [0.25, 0.3) is 0 Å². The van der Waals surface area contributed by atoms with E-state index in [1.807, 2.05) is 6.92 Å². The maximum absolute atomic E-state index is 12.4. The number of nitrogens with one attached hydrogen (secondary N) is 1. The van der Waals surface area contributed by atoms with E-state index in [0.29, 0.717) is 12.2 Å². The first-order chi connectivity index (χ1) is 9.92. The van der Waals surface area contributed by atoms with Gasteiger partial charge >= 0.3 is 13.2 Å². The smallest absolute Gasteiger partial charge is 0.387 e. The highest BCUT2D eigenvalue weighted by molar-refractivity contribution is 5.40. The lowest BCUT2D eigenvalue weighted by Gasteiger charge is -2.16. The van der Waals surface area contributed by atoms with Gasteiger partial charge in [0.05, 0.1) is 6.61 Å². The largest absolute Gasteiger partial charge is 0.435 e.